The van der Waals surface area contributed by atoms with Crippen LogP contribution in [0.4, 0.5) is 5.69 Å². The lowest BCUT2D eigenvalue weighted by atomic mass is 9.97. The zero-order valence-corrected chi connectivity index (χ0v) is 13.9. The molecule has 0 aliphatic carbocycles. The Bertz CT molecular complexity index is 828. The van der Waals surface area contributed by atoms with Gasteiger partial charge in [-0.2, -0.15) is 0 Å². The fourth-order valence-electron chi connectivity index (χ4n) is 3.67. The molecule has 2 aromatic rings. The van der Waals surface area contributed by atoms with Crippen LogP contribution in [0.3, 0.4) is 0 Å². The molecule has 0 radical (unpaired) electrons. The van der Waals surface area contributed by atoms with Gasteiger partial charge in [0.05, 0.1) is 17.3 Å². The molecule has 2 aromatic carbocycles. The quantitative estimate of drug-likeness (QED) is 0.715. The smallest absolute Gasteiger partial charge is 0.256 e. The first-order valence-electron chi connectivity index (χ1n) is 8.16. The highest BCUT2D eigenvalue weighted by atomic mass is 35.5. The second kappa shape index (κ2) is 6.56. The largest absolute Gasteiger partial charge is 0.331 e. The van der Waals surface area contributed by atoms with Gasteiger partial charge in [-0.1, -0.05) is 19.6 Å². The molecule has 0 saturated carbocycles. The van der Waals surface area contributed by atoms with Crippen molar-refractivity contribution in [3.05, 3.63) is 41.0 Å². The minimum atomic E-state index is 0. The lowest BCUT2D eigenvalue weighted by molar-refractivity contribution is 0.0775. The van der Waals surface area contributed by atoms with E-state index in [0.29, 0.717) is 5.88 Å². The van der Waals surface area contributed by atoms with Gasteiger partial charge in [0.2, 0.25) is 0 Å². The lowest BCUT2D eigenvalue weighted by Gasteiger charge is -2.20. The predicted octanol–water partition coefficient (Wildman–Crippen LogP) is 4.89. The van der Waals surface area contributed by atoms with Gasteiger partial charge in [0, 0.05) is 18.6 Å². The monoisotopic (exact) mass is 342 g/mol. The third-order valence-corrected chi connectivity index (χ3v) is 5.14. The van der Waals surface area contributed by atoms with E-state index in [1.807, 2.05) is 23.2 Å². The number of alkyl halides is 1. The number of halogens is 1. The molecule has 2 aliphatic rings. The first-order valence-corrected chi connectivity index (χ1v) is 8.69. The topological polar surface area (TPSA) is 32.7 Å². The van der Waals surface area contributed by atoms with Crippen molar-refractivity contribution in [1.82, 2.24) is 4.90 Å². The standard InChI is InChI=1S/C19H19ClN2O.CH4/c1-12-7-14-10-18-17(9-15(14)8-13(12)4-5-20)19(23)22-6-2-3-16(22)11-21-18;/h7-11,16H,2-6H2,1H3;1H4. The highest BCUT2D eigenvalue weighted by molar-refractivity contribution is 6.18. The Balaban J connectivity index is 0.00000169. The Morgan fingerprint density at radius 2 is 2.04 bits per heavy atom. The molecule has 1 unspecified atom stereocenters. The molecular formula is C20H23ClN2O. The minimum absolute atomic E-state index is 0. The van der Waals surface area contributed by atoms with Crippen LogP contribution in [0.5, 0.6) is 0 Å². The molecule has 24 heavy (non-hydrogen) atoms. The van der Waals surface area contributed by atoms with Crippen LogP contribution in [0.15, 0.2) is 29.3 Å². The van der Waals surface area contributed by atoms with Crippen molar-refractivity contribution in [3.63, 3.8) is 0 Å². The summed E-state index contributed by atoms with van der Waals surface area (Å²) in [7, 11) is 0. The average molecular weight is 343 g/mol. The molecule has 4 heteroatoms. The molecule has 1 amide bonds. The van der Waals surface area contributed by atoms with E-state index in [1.54, 1.807) is 0 Å². The summed E-state index contributed by atoms with van der Waals surface area (Å²) >= 11 is 5.90. The number of carbonyl (C=O) groups is 1. The number of hydrogen-bond acceptors (Lipinski definition) is 2. The van der Waals surface area contributed by atoms with E-state index in [9.17, 15) is 4.79 Å². The number of carbonyl (C=O) groups excluding carboxylic acids is 1. The lowest BCUT2D eigenvalue weighted by Crippen LogP contribution is -2.35. The van der Waals surface area contributed by atoms with Crippen molar-refractivity contribution in [2.45, 2.75) is 39.7 Å². The zero-order chi connectivity index (χ0) is 16.0. The molecule has 0 bridgehead atoms. The number of amides is 1. The molecule has 0 aromatic heterocycles. The van der Waals surface area contributed by atoms with E-state index >= 15 is 0 Å². The van der Waals surface area contributed by atoms with Crippen LogP contribution in [0, 0.1) is 6.92 Å². The average Bonchev–Trinajstić information content (AvgIpc) is 2.96. The van der Waals surface area contributed by atoms with E-state index < -0.39 is 0 Å². The maximum atomic E-state index is 12.9. The highest BCUT2D eigenvalue weighted by Gasteiger charge is 2.31. The second-order valence-electron chi connectivity index (χ2n) is 6.42. The summed E-state index contributed by atoms with van der Waals surface area (Å²) < 4.78 is 0. The number of aliphatic imine (C=N–C) groups is 1. The van der Waals surface area contributed by atoms with Gasteiger partial charge in [0.1, 0.15) is 0 Å². The van der Waals surface area contributed by atoms with E-state index in [1.165, 1.54) is 11.1 Å². The van der Waals surface area contributed by atoms with E-state index in [4.69, 9.17) is 11.6 Å². The van der Waals surface area contributed by atoms with Crippen LogP contribution in [-0.4, -0.2) is 35.5 Å². The number of benzene rings is 2. The van der Waals surface area contributed by atoms with Crippen molar-refractivity contribution in [2.24, 2.45) is 4.99 Å². The summed E-state index contributed by atoms with van der Waals surface area (Å²) in [4.78, 5) is 19.4. The SMILES string of the molecule is C.Cc1cc2cc3c(cc2cc1CCCl)C(=O)N1CCCC1C=N3. The van der Waals surface area contributed by atoms with Crippen molar-refractivity contribution >= 4 is 40.2 Å². The Labute approximate surface area is 148 Å². The van der Waals surface area contributed by atoms with Gasteiger partial charge in [-0.15, -0.1) is 11.6 Å². The van der Waals surface area contributed by atoms with Gasteiger partial charge < -0.3 is 4.90 Å². The van der Waals surface area contributed by atoms with E-state index in [-0.39, 0.29) is 19.4 Å². The fraction of sp³-hybridized carbons (Fsp3) is 0.400. The zero-order valence-electron chi connectivity index (χ0n) is 13.2. The number of fused-ring (bicyclic) bond motifs is 3. The molecule has 2 heterocycles. The molecule has 126 valence electrons. The van der Waals surface area contributed by atoms with Crippen LogP contribution in [-0.2, 0) is 6.42 Å². The molecule has 1 saturated heterocycles. The Hall–Kier alpha value is -1.87. The number of rotatable bonds is 2. The Morgan fingerprint density at radius 3 is 2.83 bits per heavy atom. The third kappa shape index (κ3) is 2.71. The maximum Gasteiger partial charge on any atom is 0.256 e. The third-order valence-electron chi connectivity index (χ3n) is 4.95. The molecule has 1 fully saturated rings. The van der Waals surface area contributed by atoms with Crippen LogP contribution in [0.25, 0.3) is 10.8 Å². The molecule has 1 atom stereocenters. The van der Waals surface area contributed by atoms with Gasteiger partial charge in [0.25, 0.3) is 5.91 Å². The first kappa shape index (κ1) is 17.0. The highest BCUT2D eigenvalue weighted by Crippen LogP contribution is 2.33. The van der Waals surface area contributed by atoms with Gasteiger partial charge in [-0.3, -0.25) is 9.79 Å². The van der Waals surface area contributed by atoms with E-state index in [2.05, 4.69) is 24.0 Å². The maximum absolute atomic E-state index is 12.9. The van der Waals surface area contributed by atoms with Crippen LogP contribution >= 0.6 is 11.6 Å². The number of aryl methyl sites for hydroxylation is 2. The second-order valence-corrected chi connectivity index (χ2v) is 6.80. The molecule has 0 spiro atoms. The molecule has 4 rings (SSSR count). The number of nitrogens with zero attached hydrogens (tertiary/aromatic N) is 2. The fourth-order valence-corrected chi connectivity index (χ4v) is 3.87. The van der Waals surface area contributed by atoms with Gasteiger partial charge in [-0.25, -0.2) is 0 Å². The van der Waals surface area contributed by atoms with Crippen molar-refractivity contribution in [3.8, 4) is 0 Å². The molecule has 2 aliphatic heterocycles. The summed E-state index contributed by atoms with van der Waals surface area (Å²) in [6.45, 7) is 2.94. The van der Waals surface area contributed by atoms with Crippen molar-refractivity contribution < 1.29 is 4.79 Å². The van der Waals surface area contributed by atoms with Crippen LogP contribution < -0.4 is 0 Å². The predicted molar refractivity (Wildman–Crippen MR) is 102 cm³/mol. The van der Waals surface area contributed by atoms with Gasteiger partial charge >= 0.3 is 0 Å². The number of hydrogen-bond donors (Lipinski definition) is 0. The van der Waals surface area contributed by atoms with Crippen LogP contribution in [0.2, 0.25) is 0 Å². The van der Waals surface area contributed by atoms with Crippen LogP contribution in [0.1, 0.15) is 41.8 Å². The molecule has 3 nitrogen and oxygen atoms in total. The Kier molecular flexibility index (Phi) is 4.64. The molecule has 0 N–H and O–H groups in total. The first-order chi connectivity index (χ1) is 11.2. The summed E-state index contributed by atoms with van der Waals surface area (Å²) in [6, 6.07) is 8.53. The van der Waals surface area contributed by atoms with Gasteiger partial charge in [-0.05, 0) is 60.2 Å². The summed E-state index contributed by atoms with van der Waals surface area (Å²) in [5.41, 5.74) is 4.00. The van der Waals surface area contributed by atoms with Crippen molar-refractivity contribution in [2.75, 3.05) is 12.4 Å². The summed E-state index contributed by atoms with van der Waals surface area (Å²) in [6.07, 6.45) is 4.87. The minimum Gasteiger partial charge on any atom is -0.331 e. The van der Waals surface area contributed by atoms with E-state index in [0.717, 1.165) is 47.8 Å². The Morgan fingerprint density at radius 1 is 1.25 bits per heavy atom. The van der Waals surface area contributed by atoms with Gasteiger partial charge in [0.15, 0.2) is 0 Å². The normalized spacial score (nSPS) is 19.0. The van der Waals surface area contributed by atoms with Crippen molar-refractivity contribution in [1.29, 1.82) is 0 Å². The molecular weight excluding hydrogens is 320 g/mol. The summed E-state index contributed by atoms with van der Waals surface area (Å²) in [5, 5.41) is 2.22. The summed E-state index contributed by atoms with van der Waals surface area (Å²) in [5.74, 6) is 0.719.